The third-order valence-electron chi connectivity index (χ3n) is 2.38. The summed E-state index contributed by atoms with van der Waals surface area (Å²) < 4.78 is 5.98. The Bertz CT molecular complexity index is 459. The number of methoxy groups -OCH3 is 1. The number of aromatic nitrogens is 2. The lowest BCUT2D eigenvalue weighted by Gasteiger charge is -2.18. The number of carbonyl (C=O) groups is 1. The van der Waals surface area contributed by atoms with Gasteiger partial charge in [0.1, 0.15) is 6.54 Å². The van der Waals surface area contributed by atoms with Gasteiger partial charge in [0.2, 0.25) is 0 Å². The van der Waals surface area contributed by atoms with Gasteiger partial charge in [0.15, 0.2) is 0 Å². The Hall–Kier alpha value is -1.93. The maximum absolute atomic E-state index is 11.7. The van der Waals surface area contributed by atoms with Crippen molar-refractivity contribution >= 4 is 11.6 Å². The van der Waals surface area contributed by atoms with E-state index < -0.39 is 5.91 Å². The second-order valence-corrected chi connectivity index (χ2v) is 3.69. The lowest BCUT2D eigenvalue weighted by Crippen LogP contribution is -2.37. The highest BCUT2D eigenvalue weighted by Crippen LogP contribution is 2.05. The van der Waals surface area contributed by atoms with Gasteiger partial charge < -0.3 is 9.64 Å². The summed E-state index contributed by atoms with van der Waals surface area (Å²) in [4.78, 5) is 24.6. The van der Waals surface area contributed by atoms with Crippen LogP contribution < -0.4 is 21.7 Å². The van der Waals surface area contributed by atoms with E-state index >= 15 is 0 Å². The summed E-state index contributed by atoms with van der Waals surface area (Å²) in [5, 5.41) is 3.90. The third-order valence-corrected chi connectivity index (χ3v) is 2.38. The number of nitrogens with one attached hydrogen (secondary N) is 1. The van der Waals surface area contributed by atoms with Crippen molar-refractivity contribution in [3.8, 4) is 0 Å². The summed E-state index contributed by atoms with van der Waals surface area (Å²) in [6, 6.07) is 1.41. The van der Waals surface area contributed by atoms with Gasteiger partial charge >= 0.3 is 0 Å². The Balaban J connectivity index is 2.79. The number of anilines is 1. The smallest absolute Gasteiger partial charge is 0.269 e. The lowest BCUT2D eigenvalue weighted by atomic mass is 10.4. The minimum atomic E-state index is -0.481. The molecule has 3 N–H and O–H groups in total. The van der Waals surface area contributed by atoms with Crippen molar-refractivity contribution in [2.24, 2.45) is 5.84 Å². The minimum absolute atomic E-state index is 0.197. The van der Waals surface area contributed by atoms with E-state index in [-0.39, 0.29) is 12.1 Å². The van der Waals surface area contributed by atoms with E-state index in [9.17, 15) is 9.59 Å². The molecule has 0 aliphatic rings. The zero-order chi connectivity index (χ0) is 13.5. The molecule has 0 aliphatic heterocycles. The van der Waals surface area contributed by atoms with E-state index in [0.717, 1.165) is 4.68 Å². The fourth-order valence-corrected chi connectivity index (χ4v) is 1.29. The molecular weight excluding hydrogens is 238 g/mol. The SMILES string of the molecule is COCCN(C)c1cnn(CC(=O)NN)c(=O)c1. The maximum Gasteiger partial charge on any atom is 0.269 e. The lowest BCUT2D eigenvalue weighted by molar-refractivity contribution is -0.122. The number of nitrogens with zero attached hydrogens (tertiary/aromatic N) is 3. The van der Waals surface area contributed by atoms with Crippen LogP contribution in [-0.2, 0) is 16.1 Å². The van der Waals surface area contributed by atoms with E-state index in [1.807, 2.05) is 17.4 Å². The number of amides is 1. The second kappa shape index (κ2) is 6.72. The van der Waals surface area contributed by atoms with Crippen LogP contribution in [0, 0.1) is 0 Å². The third kappa shape index (κ3) is 3.82. The molecule has 0 spiro atoms. The molecule has 8 nitrogen and oxygen atoms in total. The average Bonchev–Trinajstić information content (AvgIpc) is 2.38. The van der Waals surface area contributed by atoms with Crippen molar-refractivity contribution < 1.29 is 9.53 Å². The highest BCUT2D eigenvalue weighted by atomic mass is 16.5. The number of hydrogen-bond acceptors (Lipinski definition) is 6. The fraction of sp³-hybridized carbons (Fsp3) is 0.500. The minimum Gasteiger partial charge on any atom is -0.383 e. The molecule has 18 heavy (non-hydrogen) atoms. The highest BCUT2D eigenvalue weighted by Gasteiger charge is 2.07. The largest absolute Gasteiger partial charge is 0.383 e. The maximum atomic E-state index is 11.7. The van der Waals surface area contributed by atoms with Crippen LogP contribution in [0.3, 0.4) is 0 Å². The van der Waals surface area contributed by atoms with Crippen LogP contribution >= 0.6 is 0 Å². The summed E-state index contributed by atoms with van der Waals surface area (Å²) in [6.45, 7) is 0.998. The number of hydrazine groups is 1. The first-order chi connectivity index (χ1) is 8.58. The number of ether oxygens (including phenoxy) is 1. The molecule has 1 amide bonds. The van der Waals surface area contributed by atoms with Crippen molar-refractivity contribution in [3.63, 3.8) is 0 Å². The molecule has 0 radical (unpaired) electrons. The molecule has 1 aromatic heterocycles. The number of hydrogen-bond donors (Lipinski definition) is 2. The van der Waals surface area contributed by atoms with Crippen molar-refractivity contribution in [2.45, 2.75) is 6.54 Å². The molecular formula is C10H17N5O3. The van der Waals surface area contributed by atoms with Crippen LogP contribution in [0.4, 0.5) is 5.69 Å². The molecule has 1 aromatic rings. The predicted octanol–water partition coefficient (Wildman–Crippen LogP) is -1.68. The van der Waals surface area contributed by atoms with Crippen LogP contribution in [0.1, 0.15) is 0 Å². The summed E-state index contributed by atoms with van der Waals surface area (Å²) >= 11 is 0. The first kappa shape index (κ1) is 14.1. The van der Waals surface area contributed by atoms with Crippen molar-refractivity contribution in [2.75, 3.05) is 32.2 Å². The Morgan fingerprint density at radius 3 is 2.94 bits per heavy atom. The fourth-order valence-electron chi connectivity index (χ4n) is 1.29. The van der Waals surface area contributed by atoms with Gasteiger partial charge in [0.25, 0.3) is 11.5 Å². The van der Waals surface area contributed by atoms with Crippen LogP contribution in [0.5, 0.6) is 0 Å². The van der Waals surface area contributed by atoms with Gasteiger partial charge in [-0.25, -0.2) is 10.5 Å². The number of rotatable bonds is 6. The normalized spacial score (nSPS) is 10.2. The zero-order valence-corrected chi connectivity index (χ0v) is 10.4. The molecule has 0 aromatic carbocycles. The number of nitrogens with two attached hydrogens (primary N) is 1. The van der Waals surface area contributed by atoms with E-state index in [4.69, 9.17) is 10.6 Å². The molecule has 0 saturated heterocycles. The molecule has 8 heteroatoms. The summed E-state index contributed by atoms with van der Waals surface area (Å²) in [7, 11) is 3.43. The molecule has 0 saturated carbocycles. The van der Waals surface area contributed by atoms with Crippen molar-refractivity contribution in [1.82, 2.24) is 15.2 Å². The number of carbonyl (C=O) groups excluding carboxylic acids is 1. The van der Waals surface area contributed by atoms with Gasteiger partial charge in [0.05, 0.1) is 18.5 Å². The van der Waals surface area contributed by atoms with E-state index in [0.29, 0.717) is 18.8 Å². The topological polar surface area (TPSA) is 102 Å². The second-order valence-electron chi connectivity index (χ2n) is 3.69. The van der Waals surface area contributed by atoms with Crippen molar-refractivity contribution in [3.05, 3.63) is 22.6 Å². The van der Waals surface area contributed by atoms with E-state index in [2.05, 4.69) is 5.10 Å². The van der Waals surface area contributed by atoms with Gasteiger partial charge in [-0.15, -0.1) is 0 Å². The average molecular weight is 255 g/mol. The molecule has 1 rings (SSSR count). The van der Waals surface area contributed by atoms with E-state index in [1.54, 1.807) is 7.11 Å². The molecule has 100 valence electrons. The van der Waals surface area contributed by atoms with Gasteiger partial charge in [0, 0.05) is 26.8 Å². The van der Waals surface area contributed by atoms with Crippen molar-refractivity contribution in [1.29, 1.82) is 0 Å². The van der Waals surface area contributed by atoms with Gasteiger partial charge in [-0.3, -0.25) is 15.0 Å². The van der Waals surface area contributed by atoms with Crippen LogP contribution in [0.25, 0.3) is 0 Å². The van der Waals surface area contributed by atoms with Gasteiger partial charge in [-0.1, -0.05) is 0 Å². The Morgan fingerprint density at radius 1 is 1.67 bits per heavy atom. The molecule has 0 aliphatic carbocycles. The highest BCUT2D eigenvalue weighted by molar-refractivity contribution is 5.74. The summed E-state index contributed by atoms with van der Waals surface area (Å²) in [5.41, 5.74) is 2.25. The molecule has 0 fully saturated rings. The van der Waals surface area contributed by atoms with Crippen LogP contribution in [-0.4, -0.2) is 43.0 Å². The van der Waals surface area contributed by atoms with Gasteiger partial charge in [-0.05, 0) is 0 Å². The Labute approximate surface area is 104 Å². The molecule has 0 atom stereocenters. The Kier molecular flexibility index (Phi) is 5.28. The molecule has 1 heterocycles. The summed E-state index contributed by atoms with van der Waals surface area (Å²) in [6.07, 6.45) is 1.51. The van der Waals surface area contributed by atoms with E-state index in [1.165, 1.54) is 12.3 Å². The monoisotopic (exact) mass is 255 g/mol. The first-order valence-corrected chi connectivity index (χ1v) is 5.35. The number of likely N-dealkylation sites (N-methyl/N-ethyl adjacent to an activating group) is 1. The van der Waals surface area contributed by atoms with Crippen LogP contribution in [0.15, 0.2) is 17.1 Å². The Morgan fingerprint density at radius 2 is 2.39 bits per heavy atom. The predicted molar refractivity (Wildman–Crippen MR) is 66.0 cm³/mol. The molecule has 0 bridgehead atoms. The molecule has 0 unspecified atom stereocenters. The summed E-state index contributed by atoms with van der Waals surface area (Å²) in [5.74, 6) is 4.46. The quantitative estimate of drug-likeness (QED) is 0.357. The zero-order valence-electron chi connectivity index (χ0n) is 10.4. The van der Waals surface area contributed by atoms with Crippen LogP contribution in [0.2, 0.25) is 0 Å². The standard InChI is InChI=1S/C10H17N5O3/c1-14(3-4-18-2)8-5-10(17)15(12-6-8)7-9(16)13-11/h5-6H,3-4,7,11H2,1-2H3,(H,13,16). The first-order valence-electron chi connectivity index (χ1n) is 5.35. The van der Waals surface area contributed by atoms with Gasteiger partial charge in [-0.2, -0.15) is 5.10 Å².